The molecule has 1 unspecified atom stereocenters. The van der Waals surface area contributed by atoms with Gasteiger partial charge in [-0.2, -0.15) is 0 Å². The molecule has 0 radical (unpaired) electrons. The lowest BCUT2D eigenvalue weighted by atomic mass is 9.93. The fourth-order valence-electron chi connectivity index (χ4n) is 4.22. The number of benzene rings is 2. The number of carbonyl (C=O) groups is 1. The largest absolute Gasteiger partial charge is 0.362 e. The quantitative estimate of drug-likeness (QED) is 0.805. The Morgan fingerprint density at radius 1 is 1.00 bits per heavy atom. The van der Waals surface area contributed by atoms with Crippen molar-refractivity contribution < 1.29 is 18.3 Å². The molecule has 2 fully saturated rings. The molecule has 2 aromatic rings. The predicted octanol–water partition coefficient (Wildman–Crippen LogP) is 3.75. The lowest BCUT2D eigenvalue weighted by Gasteiger charge is -2.42. The van der Waals surface area contributed by atoms with Gasteiger partial charge in [0.05, 0.1) is 6.61 Å². The Morgan fingerprint density at radius 3 is 2.50 bits per heavy atom. The van der Waals surface area contributed by atoms with Gasteiger partial charge in [0.25, 0.3) is 5.91 Å². The minimum Gasteiger partial charge on any atom is -0.362 e. The van der Waals surface area contributed by atoms with E-state index in [0.29, 0.717) is 44.8 Å². The zero-order chi connectivity index (χ0) is 19.6. The van der Waals surface area contributed by atoms with Crippen molar-refractivity contribution in [1.82, 2.24) is 4.90 Å². The third-order valence-electron chi connectivity index (χ3n) is 5.51. The van der Waals surface area contributed by atoms with Gasteiger partial charge >= 0.3 is 0 Å². The monoisotopic (exact) mass is 386 g/mol. The van der Waals surface area contributed by atoms with E-state index in [1.54, 1.807) is 0 Å². The van der Waals surface area contributed by atoms with E-state index in [-0.39, 0.29) is 5.91 Å². The molecular formula is C22H24F2N2O2. The van der Waals surface area contributed by atoms with Crippen LogP contribution in [0.15, 0.2) is 48.5 Å². The first-order valence-electron chi connectivity index (χ1n) is 9.74. The van der Waals surface area contributed by atoms with Crippen LogP contribution < -0.4 is 4.90 Å². The zero-order valence-electron chi connectivity index (χ0n) is 15.7. The lowest BCUT2D eigenvalue weighted by Crippen LogP contribution is -2.59. The number of anilines is 1. The number of halogens is 2. The van der Waals surface area contributed by atoms with Crippen LogP contribution in [-0.4, -0.2) is 42.6 Å². The van der Waals surface area contributed by atoms with Gasteiger partial charge in [0, 0.05) is 37.9 Å². The normalized spacial score (nSPS) is 23.8. The first-order valence-corrected chi connectivity index (χ1v) is 9.74. The topological polar surface area (TPSA) is 32.8 Å². The molecule has 1 amide bonds. The van der Waals surface area contributed by atoms with Crippen molar-refractivity contribution in [2.24, 2.45) is 0 Å². The van der Waals surface area contributed by atoms with E-state index in [0.717, 1.165) is 24.6 Å². The van der Waals surface area contributed by atoms with Gasteiger partial charge in [-0.25, -0.2) is 8.78 Å². The summed E-state index contributed by atoms with van der Waals surface area (Å²) in [6.07, 6.45) is 2.47. The average molecular weight is 386 g/mol. The van der Waals surface area contributed by atoms with Gasteiger partial charge in [0.2, 0.25) is 0 Å². The number of hydrogen-bond donors (Lipinski definition) is 0. The zero-order valence-corrected chi connectivity index (χ0v) is 15.7. The van der Waals surface area contributed by atoms with Crippen LogP contribution in [0.25, 0.3) is 0 Å². The highest BCUT2D eigenvalue weighted by atomic mass is 19.1. The van der Waals surface area contributed by atoms with Crippen molar-refractivity contribution in [2.75, 3.05) is 31.1 Å². The lowest BCUT2D eigenvalue weighted by molar-refractivity contribution is -0.158. The second-order valence-electron chi connectivity index (χ2n) is 7.58. The summed E-state index contributed by atoms with van der Waals surface area (Å²) in [5.74, 6) is -1.19. The van der Waals surface area contributed by atoms with Crippen molar-refractivity contribution >= 4 is 11.6 Å². The maximum atomic E-state index is 13.5. The molecule has 0 saturated carbocycles. The number of para-hydroxylation sites is 1. The van der Waals surface area contributed by atoms with Crippen molar-refractivity contribution in [3.63, 3.8) is 0 Å². The fourth-order valence-corrected chi connectivity index (χ4v) is 4.22. The standard InChI is InChI=1S/C22H24F2N2O2/c23-18-12-17(13-19(24)14-18)15-25-10-11-28-22(16-25)8-4-5-9-26(21(22)27)20-6-2-1-3-7-20/h1-3,6-7,12-14H,4-5,8-11,15-16H2. The summed E-state index contributed by atoms with van der Waals surface area (Å²) in [5, 5.41) is 0. The Morgan fingerprint density at radius 2 is 1.75 bits per heavy atom. The molecule has 0 N–H and O–H groups in total. The second kappa shape index (κ2) is 7.97. The molecular weight excluding hydrogens is 362 g/mol. The molecule has 2 aliphatic rings. The Labute approximate surface area is 163 Å². The van der Waals surface area contributed by atoms with Gasteiger partial charge in [0.15, 0.2) is 5.60 Å². The van der Waals surface area contributed by atoms with Gasteiger partial charge in [0.1, 0.15) is 11.6 Å². The molecule has 4 nitrogen and oxygen atoms in total. The van der Waals surface area contributed by atoms with Crippen LogP contribution in [0.1, 0.15) is 24.8 Å². The molecule has 0 aliphatic carbocycles. The van der Waals surface area contributed by atoms with E-state index in [2.05, 4.69) is 4.90 Å². The molecule has 148 valence electrons. The van der Waals surface area contributed by atoms with Crippen LogP contribution in [0.3, 0.4) is 0 Å². The summed E-state index contributed by atoms with van der Waals surface area (Å²) in [7, 11) is 0. The summed E-state index contributed by atoms with van der Waals surface area (Å²) >= 11 is 0. The van der Waals surface area contributed by atoms with Gasteiger partial charge in [-0.05, 0) is 49.1 Å². The highest BCUT2D eigenvalue weighted by molar-refractivity contribution is 6.00. The summed E-state index contributed by atoms with van der Waals surface area (Å²) < 4.78 is 33.2. The summed E-state index contributed by atoms with van der Waals surface area (Å²) in [6, 6.07) is 13.2. The SMILES string of the molecule is O=C1N(c2ccccc2)CCCCC12CN(Cc1cc(F)cc(F)c1)CCO2. The van der Waals surface area contributed by atoms with Crippen LogP contribution in [-0.2, 0) is 16.1 Å². The number of amides is 1. The molecule has 1 spiro atoms. The molecule has 2 saturated heterocycles. The number of rotatable bonds is 3. The van der Waals surface area contributed by atoms with Gasteiger partial charge < -0.3 is 9.64 Å². The molecule has 4 rings (SSSR count). The first-order chi connectivity index (χ1) is 13.6. The average Bonchev–Trinajstić information content (AvgIpc) is 2.82. The third kappa shape index (κ3) is 3.93. The molecule has 2 heterocycles. The molecule has 2 aliphatic heterocycles. The minimum atomic E-state index is -0.906. The van der Waals surface area contributed by atoms with E-state index < -0.39 is 17.2 Å². The Hall–Kier alpha value is -2.31. The van der Waals surface area contributed by atoms with Crippen LogP contribution in [0.5, 0.6) is 0 Å². The Balaban J connectivity index is 1.56. The van der Waals surface area contributed by atoms with E-state index in [1.807, 2.05) is 35.2 Å². The van der Waals surface area contributed by atoms with Crippen LogP contribution in [0, 0.1) is 11.6 Å². The number of carbonyl (C=O) groups excluding carboxylic acids is 1. The number of morpholine rings is 1. The summed E-state index contributed by atoms with van der Waals surface area (Å²) in [5.41, 5.74) is 0.536. The van der Waals surface area contributed by atoms with E-state index >= 15 is 0 Å². The first kappa shape index (κ1) is 19.0. The molecule has 0 aromatic heterocycles. The van der Waals surface area contributed by atoms with E-state index in [9.17, 15) is 13.6 Å². The number of hydrogen-bond acceptors (Lipinski definition) is 3. The fraction of sp³-hybridized carbons (Fsp3) is 0.409. The van der Waals surface area contributed by atoms with Crippen molar-refractivity contribution in [1.29, 1.82) is 0 Å². The van der Waals surface area contributed by atoms with Crippen molar-refractivity contribution in [2.45, 2.75) is 31.4 Å². The second-order valence-corrected chi connectivity index (χ2v) is 7.58. The summed E-state index contributed by atoms with van der Waals surface area (Å²) in [4.78, 5) is 17.4. The highest BCUT2D eigenvalue weighted by Gasteiger charge is 2.47. The van der Waals surface area contributed by atoms with Crippen LogP contribution >= 0.6 is 0 Å². The predicted molar refractivity (Wildman–Crippen MR) is 103 cm³/mol. The molecule has 2 aromatic carbocycles. The highest BCUT2D eigenvalue weighted by Crippen LogP contribution is 2.32. The number of nitrogens with zero attached hydrogens (tertiary/aromatic N) is 2. The summed E-state index contributed by atoms with van der Waals surface area (Å²) in [6.45, 7) is 2.53. The van der Waals surface area contributed by atoms with Crippen LogP contribution in [0.4, 0.5) is 14.5 Å². The van der Waals surface area contributed by atoms with Crippen LogP contribution in [0.2, 0.25) is 0 Å². The number of ether oxygens (including phenoxy) is 1. The van der Waals surface area contributed by atoms with E-state index in [1.165, 1.54) is 12.1 Å². The van der Waals surface area contributed by atoms with E-state index in [4.69, 9.17) is 4.74 Å². The molecule has 6 heteroatoms. The maximum absolute atomic E-state index is 13.5. The molecule has 28 heavy (non-hydrogen) atoms. The smallest absolute Gasteiger partial charge is 0.260 e. The third-order valence-corrected chi connectivity index (χ3v) is 5.51. The van der Waals surface area contributed by atoms with Gasteiger partial charge in [-0.1, -0.05) is 18.2 Å². The van der Waals surface area contributed by atoms with Crippen molar-refractivity contribution in [3.8, 4) is 0 Å². The Kier molecular flexibility index (Phi) is 5.42. The Bertz CT molecular complexity index is 825. The molecule has 1 atom stereocenters. The maximum Gasteiger partial charge on any atom is 0.260 e. The van der Waals surface area contributed by atoms with Gasteiger partial charge in [-0.15, -0.1) is 0 Å². The van der Waals surface area contributed by atoms with Crippen molar-refractivity contribution in [3.05, 3.63) is 65.7 Å². The minimum absolute atomic E-state index is 0.0219. The molecule has 0 bridgehead atoms. The van der Waals surface area contributed by atoms with Gasteiger partial charge in [-0.3, -0.25) is 9.69 Å².